The minimum Gasteiger partial charge on any atom is -0.366 e. The van der Waals surface area contributed by atoms with Gasteiger partial charge in [-0.1, -0.05) is 12.1 Å². The smallest absolute Gasteiger partial charge is 0.290 e. The van der Waals surface area contributed by atoms with E-state index >= 15 is 0 Å². The first kappa shape index (κ1) is 17.7. The number of benzene rings is 1. The van der Waals surface area contributed by atoms with Gasteiger partial charge in [0.1, 0.15) is 12.0 Å². The molecule has 0 aliphatic heterocycles. The molecule has 0 unspecified atom stereocenters. The molecule has 0 saturated heterocycles. The van der Waals surface area contributed by atoms with Gasteiger partial charge in [0.2, 0.25) is 10.0 Å². The minimum atomic E-state index is -3.29. The normalized spacial score (nSPS) is 11.1. The molecule has 1 aromatic heterocycles. The fraction of sp³-hybridized carbons (Fsp3) is 0.267. The predicted octanol–water partition coefficient (Wildman–Crippen LogP) is 2.31. The Kier molecular flexibility index (Phi) is 5.03. The summed E-state index contributed by atoms with van der Waals surface area (Å²) in [6, 6.07) is 8.66. The first-order chi connectivity index (χ1) is 11.2. The molecule has 0 amide bonds. The van der Waals surface area contributed by atoms with Crippen molar-refractivity contribution in [1.82, 2.24) is 4.98 Å². The lowest BCUT2D eigenvalue weighted by Crippen LogP contribution is -2.24. The van der Waals surface area contributed by atoms with Crippen LogP contribution in [0.1, 0.15) is 11.1 Å². The van der Waals surface area contributed by atoms with Crippen molar-refractivity contribution >= 4 is 27.2 Å². The standard InChI is InChI=1S/C15H18N4O4S/c1-11-8-15(17-10-14(11)19(20)21)16-9-12-4-6-13(7-5-12)18(2)24(3,22)23/h4-8,10H,9H2,1-3H3,(H,16,17). The zero-order chi connectivity index (χ0) is 17.9. The summed E-state index contributed by atoms with van der Waals surface area (Å²) in [4.78, 5) is 14.3. The van der Waals surface area contributed by atoms with Gasteiger partial charge in [0.15, 0.2) is 0 Å². The Hall–Kier alpha value is -2.68. The number of pyridine rings is 1. The van der Waals surface area contributed by atoms with Gasteiger partial charge in [-0.2, -0.15) is 0 Å². The van der Waals surface area contributed by atoms with Gasteiger partial charge in [-0.15, -0.1) is 0 Å². The van der Waals surface area contributed by atoms with E-state index in [0.717, 1.165) is 11.8 Å². The fourth-order valence-electron chi connectivity index (χ4n) is 2.04. The molecule has 0 saturated carbocycles. The van der Waals surface area contributed by atoms with Gasteiger partial charge in [-0.05, 0) is 30.7 Å². The van der Waals surface area contributed by atoms with Crippen LogP contribution >= 0.6 is 0 Å². The number of rotatable bonds is 6. The fourth-order valence-corrected chi connectivity index (χ4v) is 2.55. The van der Waals surface area contributed by atoms with Crippen LogP contribution < -0.4 is 9.62 Å². The van der Waals surface area contributed by atoms with E-state index in [-0.39, 0.29) is 5.69 Å². The highest BCUT2D eigenvalue weighted by atomic mass is 32.2. The molecule has 0 atom stereocenters. The van der Waals surface area contributed by atoms with Crippen molar-refractivity contribution in [2.24, 2.45) is 0 Å². The van der Waals surface area contributed by atoms with E-state index in [4.69, 9.17) is 0 Å². The number of nitro groups is 1. The lowest BCUT2D eigenvalue weighted by atomic mass is 10.2. The summed E-state index contributed by atoms with van der Waals surface area (Å²) in [7, 11) is -1.80. The number of sulfonamides is 1. The summed E-state index contributed by atoms with van der Waals surface area (Å²) < 4.78 is 24.2. The molecule has 0 spiro atoms. The molecule has 0 fully saturated rings. The van der Waals surface area contributed by atoms with Crippen molar-refractivity contribution in [2.45, 2.75) is 13.5 Å². The molecule has 9 heteroatoms. The Bertz CT molecular complexity index is 850. The molecule has 0 radical (unpaired) electrons. The highest BCUT2D eigenvalue weighted by molar-refractivity contribution is 7.92. The molecule has 0 bridgehead atoms. The quantitative estimate of drug-likeness (QED) is 0.633. The molecular formula is C15H18N4O4S. The molecule has 2 aromatic rings. The Morgan fingerprint density at radius 3 is 2.42 bits per heavy atom. The summed E-state index contributed by atoms with van der Waals surface area (Å²) in [6.45, 7) is 2.12. The van der Waals surface area contributed by atoms with Crippen LogP contribution in [-0.4, -0.2) is 31.6 Å². The SMILES string of the molecule is Cc1cc(NCc2ccc(N(C)S(C)(=O)=O)cc2)ncc1[N+](=O)[O-]. The summed E-state index contributed by atoms with van der Waals surface area (Å²) in [5.41, 5.74) is 2.01. The third-order valence-electron chi connectivity index (χ3n) is 3.55. The molecule has 24 heavy (non-hydrogen) atoms. The maximum Gasteiger partial charge on any atom is 0.290 e. The van der Waals surface area contributed by atoms with Crippen LogP contribution in [0.3, 0.4) is 0 Å². The van der Waals surface area contributed by atoms with Gasteiger partial charge >= 0.3 is 0 Å². The number of hydrogen-bond donors (Lipinski definition) is 1. The molecule has 1 heterocycles. The number of aromatic nitrogens is 1. The van der Waals surface area contributed by atoms with Gasteiger partial charge in [0, 0.05) is 19.2 Å². The Labute approximate surface area is 140 Å². The van der Waals surface area contributed by atoms with Gasteiger partial charge < -0.3 is 5.32 Å². The molecule has 0 aliphatic carbocycles. The molecule has 1 aromatic carbocycles. The van der Waals surface area contributed by atoms with Crippen LogP contribution in [0.2, 0.25) is 0 Å². The maximum atomic E-state index is 11.5. The van der Waals surface area contributed by atoms with Crippen molar-refractivity contribution in [3.05, 3.63) is 57.8 Å². The molecule has 8 nitrogen and oxygen atoms in total. The number of nitrogens with one attached hydrogen (secondary N) is 1. The van der Waals surface area contributed by atoms with Gasteiger partial charge in [-0.25, -0.2) is 13.4 Å². The Morgan fingerprint density at radius 1 is 1.29 bits per heavy atom. The zero-order valence-electron chi connectivity index (χ0n) is 13.6. The van der Waals surface area contributed by atoms with Crippen molar-refractivity contribution in [3.63, 3.8) is 0 Å². The van der Waals surface area contributed by atoms with E-state index in [2.05, 4.69) is 10.3 Å². The number of hydrogen-bond acceptors (Lipinski definition) is 6. The molecule has 128 valence electrons. The van der Waals surface area contributed by atoms with E-state index in [1.54, 1.807) is 25.1 Å². The van der Waals surface area contributed by atoms with E-state index < -0.39 is 14.9 Å². The lowest BCUT2D eigenvalue weighted by Gasteiger charge is -2.16. The number of aryl methyl sites for hydroxylation is 1. The van der Waals surface area contributed by atoms with Crippen molar-refractivity contribution in [2.75, 3.05) is 22.9 Å². The second-order valence-corrected chi connectivity index (χ2v) is 7.38. The summed E-state index contributed by atoms with van der Waals surface area (Å²) in [6.07, 6.45) is 2.37. The van der Waals surface area contributed by atoms with E-state index in [1.165, 1.54) is 17.5 Å². The Balaban J connectivity index is 2.05. The summed E-state index contributed by atoms with van der Waals surface area (Å²) >= 11 is 0. The van der Waals surface area contributed by atoms with Crippen molar-refractivity contribution < 1.29 is 13.3 Å². The monoisotopic (exact) mass is 350 g/mol. The molecule has 2 rings (SSSR count). The maximum absolute atomic E-state index is 11.5. The third kappa shape index (κ3) is 4.19. The first-order valence-corrected chi connectivity index (χ1v) is 8.91. The summed E-state index contributed by atoms with van der Waals surface area (Å²) in [5, 5.41) is 13.8. The minimum absolute atomic E-state index is 0.0197. The average molecular weight is 350 g/mol. The van der Waals surface area contributed by atoms with Crippen LogP contribution in [0.4, 0.5) is 17.2 Å². The average Bonchev–Trinajstić information content (AvgIpc) is 2.51. The van der Waals surface area contributed by atoms with Gasteiger partial charge in [-0.3, -0.25) is 14.4 Å². The number of anilines is 2. The largest absolute Gasteiger partial charge is 0.366 e. The lowest BCUT2D eigenvalue weighted by molar-refractivity contribution is -0.385. The first-order valence-electron chi connectivity index (χ1n) is 7.06. The highest BCUT2D eigenvalue weighted by Crippen LogP contribution is 2.20. The van der Waals surface area contributed by atoms with Crippen LogP contribution in [0, 0.1) is 17.0 Å². The Morgan fingerprint density at radius 2 is 1.92 bits per heavy atom. The predicted molar refractivity (Wildman–Crippen MR) is 92.6 cm³/mol. The van der Waals surface area contributed by atoms with Crippen LogP contribution in [0.5, 0.6) is 0 Å². The van der Waals surface area contributed by atoms with Gasteiger partial charge in [0.05, 0.1) is 16.9 Å². The zero-order valence-corrected chi connectivity index (χ0v) is 14.4. The van der Waals surface area contributed by atoms with E-state index in [0.29, 0.717) is 23.6 Å². The second-order valence-electron chi connectivity index (χ2n) is 5.36. The second kappa shape index (κ2) is 6.83. The highest BCUT2D eigenvalue weighted by Gasteiger charge is 2.12. The van der Waals surface area contributed by atoms with Crippen LogP contribution in [0.15, 0.2) is 36.5 Å². The molecule has 0 aliphatic rings. The summed E-state index contributed by atoms with van der Waals surface area (Å²) in [5.74, 6) is 0.537. The van der Waals surface area contributed by atoms with Crippen molar-refractivity contribution in [3.8, 4) is 0 Å². The third-order valence-corrected chi connectivity index (χ3v) is 4.76. The van der Waals surface area contributed by atoms with Gasteiger partial charge in [0.25, 0.3) is 5.69 Å². The topological polar surface area (TPSA) is 105 Å². The molecular weight excluding hydrogens is 332 g/mol. The van der Waals surface area contributed by atoms with Crippen molar-refractivity contribution in [1.29, 1.82) is 0 Å². The molecule has 1 N–H and O–H groups in total. The van der Waals surface area contributed by atoms with E-state index in [9.17, 15) is 18.5 Å². The van der Waals surface area contributed by atoms with E-state index in [1.807, 2.05) is 12.1 Å². The van der Waals surface area contributed by atoms with Crippen LogP contribution in [-0.2, 0) is 16.6 Å². The number of nitrogens with zero attached hydrogens (tertiary/aromatic N) is 3. The van der Waals surface area contributed by atoms with Crippen LogP contribution in [0.25, 0.3) is 0 Å².